The van der Waals surface area contributed by atoms with Crippen molar-refractivity contribution in [3.05, 3.63) is 30.3 Å². The fraction of sp³-hybridized carbons (Fsp3) is 0.412. The monoisotopic (exact) mass is 363 g/mol. The predicted octanol–water partition coefficient (Wildman–Crippen LogP) is 1.63. The number of imide groups is 1. The first-order valence-corrected chi connectivity index (χ1v) is 9.03. The van der Waals surface area contributed by atoms with E-state index in [0.29, 0.717) is 6.42 Å². The van der Waals surface area contributed by atoms with Crippen LogP contribution in [0.5, 0.6) is 0 Å². The van der Waals surface area contributed by atoms with Crippen LogP contribution in [0.25, 0.3) is 0 Å². The van der Waals surface area contributed by atoms with Crippen molar-refractivity contribution in [2.75, 3.05) is 30.8 Å². The number of thioether (sulfide) groups is 1. The van der Waals surface area contributed by atoms with E-state index in [1.54, 1.807) is 11.9 Å². The maximum absolute atomic E-state index is 12.1. The standard InChI is InChI=1S/C17H21N3O4S/c1-19(13-6-3-2-4-7-13)15(22)9-5-8-14(21)18-10-11-20-16(23)12-25-17(20)24/h2-4,6-7H,5,8-12H2,1H3,(H,18,21). The zero-order valence-electron chi connectivity index (χ0n) is 14.1. The average Bonchev–Trinajstić information content (AvgIpc) is 2.93. The zero-order chi connectivity index (χ0) is 18.2. The van der Waals surface area contributed by atoms with E-state index >= 15 is 0 Å². The van der Waals surface area contributed by atoms with Gasteiger partial charge in [0, 0.05) is 38.7 Å². The summed E-state index contributed by atoms with van der Waals surface area (Å²) in [4.78, 5) is 49.4. The van der Waals surface area contributed by atoms with Gasteiger partial charge in [0.2, 0.25) is 17.7 Å². The van der Waals surface area contributed by atoms with Crippen molar-refractivity contribution < 1.29 is 19.2 Å². The van der Waals surface area contributed by atoms with E-state index in [1.165, 1.54) is 0 Å². The van der Waals surface area contributed by atoms with Crippen LogP contribution >= 0.6 is 11.8 Å². The van der Waals surface area contributed by atoms with Crippen molar-refractivity contribution >= 4 is 40.4 Å². The zero-order valence-corrected chi connectivity index (χ0v) is 14.9. The molecule has 4 amide bonds. The molecule has 25 heavy (non-hydrogen) atoms. The molecule has 0 spiro atoms. The van der Waals surface area contributed by atoms with Crippen molar-refractivity contribution in [3.8, 4) is 0 Å². The van der Waals surface area contributed by atoms with Gasteiger partial charge in [0.05, 0.1) is 5.75 Å². The van der Waals surface area contributed by atoms with Gasteiger partial charge in [-0.3, -0.25) is 24.1 Å². The minimum atomic E-state index is -0.270. The van der Waals surface area contributed by atoms with Crippen molar-refractivity contribution in [1.29, 1.82) is 0 Å². The second-order valence-electron chi connectivity index (χ2n) is 5.59. The fourth-order valence-corrected chi connectivity index (χ4v) is 3.11. The summed E-state index contributed by atoms with van der Waals surface area (Å²) in [5.74, 6) is -0.297. The van der Waals surface area contributed by atoms with Gasteiger partial charge in [0.25, 0.3) is 5.24 Å². The van der Waals surface area contributed by atoms with Crippen molar-refractivity contribution in [2.24, 2.45) is 0 Å². The topological polar surface area (TPSA) is 86.8 Å². The van der Waals surface area contributed by atoms with E-state index in [9.17, 15) is 19.2 Å². The third kappa shape index (κ3) is 5.60. The third-order valence-electron chi connectivity index (χ3n) is 3.81. The number of para-hydroxylation sites is 1. The van der Waals surface area contributed by atoms with Crippen LogP contribution in [-0.2, 0) is 14.4 Å². The smallest absolute Gasteiger partial charge is 0.288 e. The molecule has 1 aliphatic rings. The lowest BCUT2D eigenvalue weighted by atomic mass is 10.2. The van der Waals surface area contributed by atoms with Gasteiger partial charge in [-0.1, -0.05) is 30.0 Å². The highest BCUT2D eigenvalue weighted by Crippen LogP contribution is 2.17. The second kappa shape index (κ2) is 9.22. The number of benzene rings is 1. The Morgan fingerprint density at radius 3 is 2.56 bits per heavy atom. The molecule has 8 heteroatoms. The Labute approximate surface area is 150 Å². The molecule has 7 nitrogen and oxygen atoms in total. The lowest BCUT2D eigenvalue weighted by Gasteiger charge is -2.17. The summed E-state index contributed by atoms with van der Waals surface area (Å²) in [6.45, 7) is 0.417. The van der Waals surface area contributed by atoms with E-state index in [0.717, 1.165) is 22.3 Å². The average molecular weight is 363 g/mol. The first-order chi connectivity index (χ1) is 12.0. The quantitative estimate of drug-likeness (QED) is 0.759. The first-order valence-electron chi connectivity index (χ1n) is 8.04. The van der Waals surface area contributed by atoms with Crippen LogP contribution < -0.4 is 10.2 Å². The molecule has 0 aliphatic carbocycles. The molecule has 0 aromatic heterocycles. The summed E-state index contributed by atoms with van der Waals surface area (Å²) in [7, 11) is 1.71. The summed E-state index contributed by atoms with van der Waals surface area (Å²) >= 11 is 0.973. The van der Waals surface area contributed by atoms with Crippen molar-refractivity contribution in [3.63, 3.8) is 0 Å². The summed E-state index contributed by atoms with van der Waals surface area (Å²) in [6, 6.07) is 9.31. The maximum atomic E-state index is 12.1. The Hall–Kier alpha value is -2.35. The van der Waals surface area contributed by atoms with Gasteiger partial charge in [0.15, 0.2) is 0 Å². The minimum Gasteiger partial charge on any atom is -0.354 e. The van der Waals surface area contributed by atoms with Gasteiger partial charge < -0.3 is 10.2 Å². The summed E-state index contributed by atoms with van der Waals surface area (Å²) in [5, 5.41) is 2.40. The van der Waals surface area contributed by atoms with Crippen molar-refractivity contribution in [1.82, 2.24) is 10.2 Å². The number of hydrogen-bond acceptors (Lipinski definition) is 5. The maximum Gasteiger partial charge on any atom is 0.288 e. The third-order valence-corrected chi connectivity index (χ3v) is 4.67. The molecule has 1 heterocycles. The molecule has 2 rings (SSSR count). The molecule has 0 atom stereocenters. The first kappa shape index (κ1) is 19.0. The van der Waals surface area contributed by atoms with Crippen LogP contribution in [0.3, 0.4) is 0 Å². The van der Waals surface area contributed by atoms with E-state index in [1.807, 2.05) is 30.3 Å². The van der Waals surface area contributed by atoms with Gasteiger partial charge in [-0.15, -0.1) is 0 Å². The van der Waals surface area contributed by atoms with E-state index in [4.69, 9.17) is 0 Å². The molecule has 0 saturated carbocycles. The Balaban J connectivity index is 1.62. The molecule has 1 saturated heterocycles. The molecular weight excluding hydrogens is 342 g/mol. The summed E-state index contributed by atoms with van der Waals surface area (Å²) in [5.41, 5.74) is 0.815. The van der Waals surface area contributed by atoms with Gasteiger partial charge >= 0.3 is 0 Å². The molecule has 1 N–H and O–H groups in total. The fourth-order valence-electron chi connectivity index (χ4n) is 2.36. The highest BCUT2D eigenvalue weighted by molar-refractivity contribution is 8.14. The number of carbonyl (C=O) groups is 4. The predicted molar refractivity (Wildman–Crippen MR) is 96.3 cm³/mol. The lowest BCUT2D eigenvalue weighted by Crippen LogP contribution is -2.37. The van der Waals surface area contributed by atoms with Crippen LogP contribution in [0.4, 0.5) is 10.5 Å². The SMILES string of the molecule is CN(C(=O)CCCC(=O)NCCN1C(=O)CSC1=O)c1ccccc1. The van der Waals surface area contributed by atoms with Gasteiger partial charge in [-0.25, -0.2) is 0 Å². The number of carbonyl (C=O) groups excluding carboxylic acids is 4. The van der Waals surface area contributed by atoms with Gasteiger partial charge in [-0.2, -0.15) is 0 Å². The molecular formula is C17H21N3O4S. The Morgan fingerprint density at radius 1 is 1.20 bits per heavy atom. The largest absolute Gasteiger partial charge is 0.354 e. The Morgan fingerprint density at radius 2 is 1.92 bits per heavy atom. The second-order valence-corrected chi connectivity index (χ2v) is 6.52. The molecule has 0 bridgehead atoms. The normalized spacial score (nSPS) is 13.9. The molecule has 1 fully saturated rings. The van der Waals surface area contributed by atoms with Crippen LogP contribution in [0.2, 0.25) is 0 Å². The summed E-state index contributed by atoms with van der Waals surface area (Å²) in [6.07, 6.45) is 0.947. The van der Waals surface area contributed by atoms with Gasteiger partial charge in [-0.05, 0) is 18.6 Å². The molecule has 0 unspecified atom stereocenters. The number of hydrogen-bond donors (Lipinski definition) is 1. The van der Waals surface area contributed by atoms with Crippen LogP contribution in [0, 0.1) is 0 Å². The number of rotatable bonds is 8. The van der Waals surface area contributed by atoms with E-state index < -0.39 is 0 Å². The highest BCUT2D eigenvalue weighted by Gasteiger charge is 2.29. The van der Waals surface area contributed by atoms with E-state index in [-0.39, 0.29) is 54.6 Å². The lowest BCUT2D eigenvalue weighted by molar-refractivity contribution is -0.126. The number of nitrogens with zero attached hydrogens (tertiary/aromatic N) is 2. The molecule has 1 aliphatic heterocycles. The highest BCUT2D eigenvalue weighted by atomic mass is 32.2. The number of amides is 4. The molecule has 0 radical (unpaired) electrons. The number of nitrogens with one attached hydrogen (secondary N) is 1. The van der Waals surface area contributed by atoms with Gasteiger partial charge in [0.1, 0.15) is 0 Å². The number of anilines is 1. The Bertz CT molecular complexity index is 635. The Kier molecular flexibility index (Phi) is 7.00. The van der Waals surface area contributed by atoms with Crippen LogP contribution in [0.1, 0.15) is 19.3 Å². The van der Waals surface area contributed by atoms with Crippen LogP contribution in [0.15, 0.2) is 30.3 Å². The molecule has 134 valence electrons. The molecule has 1 aromatic carbocycles. The van der Waals surface area contributed by atoms with E-state index in [2.05, 4.69) is 5.32 Å². The minimum absolute atomic E-state index is 0.0516. The van der Waals surface area contributed by atoms with Crippen molar-refractivity contribution in [2.45, 2.75) is 19.3 Å². The summed E-state index contributed by atoms with van der Waals surface area (Å²) < 4.78 is 0. The molecule has 1 aromatic rings. The van der Waals surface area contributed by atoms with Crippen LogP contribution in [-0.4, -0.2) is 53.8 Å².